The van der Waals surface area contributed by atoms with Crippen molar-refractivity contribution < 1.29 is 33.7 Å². The maximum absolute atomic E-state index is 16.3. The molecule has 0 radical (unpaired) electrons. The van der Waals surface area contributed by atoms with Crippen LogP contribution in [0.25, 0.3) is 0 Å². The number of nitrogen functional groups attached to an aromatic ring is 1. The second-order valence-electron chi connectivity index (χ2n) is 13.9. The number of para-hydroxylation sites is 1. The number of fused-ring (bicyclic) bond motifs is 7. The largest absolute Gasteiger partial charge is 0.398 e. The number of anilines is 1. The minimum atomic E-state index is -1.54. The quantitative estimate of drug-likeness (QED) is 0.278. The molecule has 0 spiro atoms. The summed E-state index contributed by atoms with van der Waals surface area (Å²) < 4.78 is 29.5. The van der Waals surface area contributed by atoms with Gasteiger partial charge in [-0.3, -0.25) is 9.59 Å². The van der Waals surface area contributed by atoms with Crippen LogP contribution in [0.2, 0.25) is 0 Å². The van der Waals surface area contributed by atoms with Gasteiger partial charge in [0.15, 0.2) is 23.5 Å². The highest BCUT2D eigenvalue weighted by Gasteiger charge is 2.76. The lowest BCUT2D eigenvalue weighted by Crippen LogP contribution is -2.63. The number of benzene rings is 2. The van der Waals surface area contributed by atoms with E-state index in [4.69, 9.17) is 15.2 Å². The number of hydrogen-bond donors (Lipinski definition) is 3. The number of rotatable bonds is 6. The number of carbonyl (C=O) groups is 2. The Morgan fingerprint density at radius 2 is 1.98 bits per heavy atom. The van der Waals surface area contributed by atoms with Gasteiger partial charge in [0, 0.05) is 38.6 Å². The molecule has 2 aromatic rings. The van der Waals surface area contributed by atoms with Crippen LogP contribution in [-0.2, 0) is 24.8 Å². The summed E-state index contributed by atoms with van der Waals surface area (Å²) in [5, 5.41) is 22.2. The van der Waals surface area contributed by atoms with Crippen LogP contribution in [0.4, 0.5) is 10.1 Å². The second-order valence-corrected chi connectivity index (χ2v) is 15.0. The normalized spacial score (nSPS) is 38.3. The molecule has 4 aliphatic carbocycles. The number of carbonyl (C=O) groups excluding carboxylic acids is 2. The van der Waals surface area contributed by atoms with E-state index in [9.17, 15) is 19.8 Å². The third kappa shape index (κ3) is 4.38. The number of hydrogen-bond acceptors (Lipinski definition) is 8. The molecule has 7 nitrogen and oxygen atoms in total. The smallest absolute Gasteiger partial charge is 0.193 e. The van der Waals surface area contributed by atoms with Crippen molar-refractivity contribution in [1.82, 2.24) is 0 Å². The second kappa shape index (κ2) is 10.9. The molecule has 0 amide bonds. The Hall–Kier alpha value is -2.82. The van der Waals surface area contributed by atoms with Gasteiger partial charge in [-0.1, -0.05) is 49.8 Å². The van der Waals surface area contributed by atoms with E-state index in [1.807, 2.05) is 43.3 Å². The van der Waals surface area contributed by atoms with Gasteiger partial charge in [0.2, 0.25) is 0 Å². The van der Waals surface area contributed by atoms with Crippen molar-refractivity contribution in [3.05, 3.63) is 82.7 Å². The average molecular weight is 634 g/mol. The summed E-state index contributed by atoms with van der Waals surface area (Å²) in [5.41, 5.74) is 6.72. The van der Waals surface area contributed by atoms with Crippen molar-refractivity contribution >= 4 is 29.0 Å². The minimum absolute atomic E-state index is 0.0269. The molecule has 4 fully saturated rings. The van der Waals surface area contributed by atoms with Crippen LogP contribution in [0.1, 0.15) is 62.5 Å². The highest BCUT2D eigenvalue weighted by Crippen LogP contribution is 2.70. The van der Waals surface area contributed by atoms with Gasteiger partial charge in [-0.15, -0.1) is 11.8 Å². The summed E-state index contributed by atoms with van der Waals surface area (Å²) in [7, 11) is 0. The maximum atomic E-state index is 16.3. The number of ether oxygens (including phenoxy) is 2. The molecule has 2 aromatic carbocycles. The average Bonchev–Trinajstić information content (AvgIpc) is 3.50. The van der Waals surface area contributed by atoms with Gasteiger partial charge < -0.3 is 25.4 Å². The number of aryl methyl sites for hydroxylation is 1. The molecule has 3 saturated carbocycles. The standard InChI is InChI=1S/C36H40FNO6S/c1-19-8-11-27(45-18-20-6-4-5-7-25(20)38)32(37)30(19)33-43-29-15-24-23-10-9-21-14-22(40)12-13-34(21,2)31(23)26(41)16-35(24,3)36(29,44-33)28(42)17-39/h4-8,11-14,23-24,26,29,31,33,39,41H,9-10,15-18,38H2,1-3H3/t23-,24?,26-,29+,31?,33-,34-,35-,36+/m0/s1. The van der Waals surface area contributed by atoms with Crippen LogP contribution < -0.4 is 5.73 Å². The maximum Gasteiger partial charge on any atom is 0.193 e. The van der Waals surface area contributed by atoms with E-state index in [-0.39, 0.29) is 35.5 Å². The van der Waals surface area contributed by atoms with E-state index < -0.39 is 53.1 Å². The topological polar surface area (TPSA) is 119 Å². The summed E-state index contributed by atoms with van der Waals surface area (Å²) in [6, 6.07) is 11.0. The molecule has 9 heteroatoms. The Morgan fingerprint density at radius 3 is 2.73 bits per heavy atom. The van der Waals surface area contributed by atoms with E-state index in [1.54, 1.807) is 25.1 Å². The summed E-state index contributed by atoms with van der Waals surface area (Å²) in [4.78, 5) is 26.5. The van der Waals surface area contributed by atoms with Gasteiger partial charge in [0.1, 0.15) is 12.4 Å². The van der Waals surface area contributed by atoms with Gasteiger partial charge in [-0.05, 0) is 79.9 Å². The Balaban J connectivity index is 1.22. The number of thioether (sulfide) groups is 1. The first-order valence-corrected chi connectivity index (χ1v) is 16.8. The number of halogens is 1. The summed E-state index contributed by atoms with van der Waals surface area (Å²) in [6.45, 7) is 5.12. The fourth-order valence-corrected chi connectivity index (χ4v) is 10.7. The van der Waals surface area contributed by atoms with Gasteiger partial charge in [-0.25, -0.2) is 4.39 Å². The van der Waals surface area contributed by atoms with Crippen molar-refractivity contribution in [3.63, 3.8) is 0 Å². The van der Waals surface area contributed by atoms with E-state index >= 15 is 4.39 Å². The molecule has 1 heterocycles. The molecule has 238 valence electrons. The molecule has 9 atom stereocenters. The van der Waals surface area contributed by atoms with Gasteiger partial charge >= 0.3 is 0 Å². The Kier molecular flexibility index (Phi) is 7.45. The first-order valence-electron chi connectivity index (χ1n) is 15.8. The van der Waals surface area contributed by atoms with Gasteiger partial charge in [0.05, 0.1) is 12.2 Å². The molecule has 2 unspecified atom stereocenters. The Labute approximate surface area is 267 Å². The first-order chi connectivity index (χ1) is 21.4. The fourth-order valence-electron chi connectivity index (χ4n) is 9.71. The van der Waals surface area contributed by atoms with Crippen molar-refractivity contribution in [3.8, 4) is 0 Å². The molecule has 1 aliphatic heterocycles. The summed E-state index contributed by atoms with van der Waals surface area (Å²) >= 11 is 1.33. The number of allylic oxidation sites excluding steroid dienone is 4. The van der Waals surface area contributed by atoms with Crippen molar-refractivity contribution in [2.45, 2.75) is 81.2 Å². The minimum Gasteiger partial charge on any atom is -0.398 e. The predicted octanol–water partition coefficient (Wildman–Crippen LogP) is 5.61. The van der Waals surface area contributed by atoms with E-state index in [2.05, 4.69) is 6.92 Å². The SMILES string of the molecule is Cc1ccc(SCc2ccccc2N)c(F)c1[C@H]1O[C@@H]2CC3[C@@H]4CCC5=CC(=O)C=C[C@]5(C)C4[C@@H](O)C[C@]3(C)[C@]2(C(=O)CO)O1. The van der Waals surface area contributed by atoms with E-state index in [0.29, 0.717) is 28.3 Å². The number of nitrogens with two attached hydrogens (primary N) is 1. The summed E-state index contributed by atoms with van der Waals surface area (Å²) in [6.07, 6.45) is 4.87. The van der Waals surface area contributed by atoms with E-state index in [1.165, 1.54) is 11.8 Å². The van der Waals surface area contributed by atoms with Crippen LogP contribution in [0.3, 0.4) is 0 Å². The summed E-state index contributed by atoms with van der Waals surface area (Å²) in [5.74, 6) is -0.645. The molecular weight excluding hydrogens is 593 g/mol. The third-order valence-corrected chi connectivity index (χ3v) is 12.9. The predicted molar refractivity (Wildman–Crippen MR) is 168 cm³/mol. The Bertz CT molecular complexity index is 1640. The molecule has 45 heavy (non-hydrogen) atoms. The third-order valence-electron chi connectivity index (χ3n) is 11.8. The van der Waals surface area contributed by atoms with Gasteiger partial charge in [-0.2, -0.15) is 0 Å². The van der Waals surface area contributed by atoms with Crippen molar-refractivity contribution in [2.24, 2.45) is 28.6 Å². The van der Waals surface area contributed by atoms with Crippen LogP contribution in [-0.4, -0.2) is 46.2 Å². The zero-order valence-corrected chi connectivity index (χ0v) is 26.6. The zero-order chi connectivity index (χ0) is 31.9. The number of ketones is 2. The zero-order valence-electron chi connectivity index (χ0n) is 25.8. The molecule has 5 aliphatic rings. The van der Waals surface area contributed by atoms with Crippen LogP contribution >= 0.6 is 11.8 Å². The lowest BCUT2D eigenvalue weighted by molar-refractivity contribution is -0.201. The monoisotopic (exact) mass is 633 g/mol. The van der Waals surface area contributed by atoms with Crippen molar-refractivity contribution in [2.75, 3.05) is 12.3 Å². The molecule has 4 N–H and O–H groups in total. The molecular formula is C36H40FNO6S. The highest BCUT2D eigenvalue weighted by atomic mass is 32.2. The molecule has 0 aromatic heterocycles. The van der Waals surface area contributed by atoms with Gasteiger partial charge in [0.25, 0.3) is 0 Å². The molecule has 1 saturated heterocycles. The van der Waals surface area contributed by atoms with E-state index in [0.717, 1.165) is 24.0 Å². The van der Waals surface area contributed by atoms with Crippen molar-refractivity contribution in [1.29, 1.82) is 0 Å². The van der Waals surface area contributed by atoms with Crippen LogP contribution in [0, 0.1) is 41.3 Å². The Morgan fingerprint density at radius 1 is 1.20 bits per heavy atom. The molecule has 0 bridgehead atoms. The van der Waals surface area contributed by atoms with Crippen LogP contribution in [0.15, 0.2) is 65.1 Å². The highest BCUT2D eigenvalue weighted by molar-refractivity contribution is 7.98. The molecule has 7 rings (SSSR count). The number of Topliss-reactive ketones (excluding diaryl/α,β-unsaturated/α-hetero) is 1. The van der Waals surface area contributed by atoms with Crippen LogP contribution in [0.5, 0.6) is 0 Å². The number of aliphatic hydroxyl groups excluding tert-OH is 2. The number of aliphatic hydroxyl groups is 2. The lowest BCUT2D eigenvalue weighted by Gasteiger charge is -2.59. The fraction of sp³-hybridized carbons (Fsp3) is 0.500. The lowest BCUT2D eigenvalue weighted by atomic mass is 9.46. The first kappa shape index (κ1) is 30.8.